The monoisotopic (exact) mass is 280 g/mol. The second-order valence-electron chi connectivity index (χ2n) is 4.45. The molecule has 1 aromatic rings. The molecule has 0 heterocycles. The molecule has 20 heavy (non-hydrogen) atoms. The molecular weight excluding hydrogens is 260 g/mol. The highest BCUT2D eigenvalue weighted by atomic mass is 16.4. The Balaban J connectivity index is 2.55. The number of carboxylic acid groups (broad SMARTS) is 1. The summed E-state index contributed by atoms with van der Waals surface area (Å²) in [4.78, 5) is 24.0. The van der Waals surface area contributed by atoms with Crippen molar-refractivity contribution in [3.63, 3.8) is 0 Å². The van der Waals surface area contributed by atoms with Crippen LogP contribution in [-0.4, -0.2) is 41.4 Å². The van der Waals surface area contributed by atoms with Gasteiger partial charge in [0.25, 0.3) is 0 Å². The molecule has 1 aromatic carbocycles. The largest absolute Gasteiger partial charge is 0.479 e. The fourth-order valence-electron chi connectivity index (χ4n) is 1.70. The number of urea groups is 1. The summed E-state index contributed by atoms with van der Waals surface area (Å²) in [7, 11) is 0. The van der Waals surface area contributed by atoms with Gasteiger partial charge in [-0.1, -0.05) is 17.7 Å². The maximum atomic E-state index is 12.0. The number of aliphatic carboxylic acids is 1. The summed E-state index contributed by atoms with van der Waals surface area (Å²) in [6, 6.07) is 7.22. The molecule has 110 valence electrons. The van der Waals surface area contributed by atoms with E-state index in [4.69, 9.17) is 10.2 Å². The highest BCUT2D eigenvalue weighted by Crippen LogP contribution is 2.14. The van der Waals surface area contributed by atoms with Crippen LogP contribution in [0.1, 0.15) is 18.9 Å². The van der Waals surface area contributed by atoms with Crippen molar-refractivity contribution in [2.75, 3.05) is 18.0 Å². The lowest BCUT2D eigenvalue weighted by Crippen LogP contribution is -2.41. The Hall–Kier alpha value is -2.08. The predicted molar refractivity (Wildman–Crippen MR) is 75.9 cm³/mol. The van der Waals surface area contributed by atoms with Gasteiger partial charge in [0.2, 0.25) is 0 Å². The number of aliphatic hydroxyl groups is 1. The Morgan fingerprint density at radius 3 is 2.40 bits per heavy atom. The van der Waals surface area contributed by atoms with Gasteiger partial charge in [0, 0.05) is 25.2 Å². The average Bonchev–Trinajstić information content (AvgIpc) is 2.41. The summed E-state index contributed by atoms with van der Waals surface area (Å²) in [5, 5.41) is 20.2. The molecule has 0 aromatic heterocycles. The number of rotatable bonds is 6. The second kappa shape index (κ2) is 7.49. The third-order valence-corrected chi connectivity index (χ3v) is 2.89. The Bertz CT molecular complexity index is 459. The number of carboxylic acids is 1. The molecule has 3 N–H and O–H groups in total. The summed E-state index contributed by atoms with van der Waals surface area (Å²) >= 11 is 0. The Morgan fingerprint density at radius 2 is 1.90 bits per heavy atom. The summed E-state index contributed by atoms with van der Waals surface area (Å²) < 4.78 is 0. The molecule has 1 unspecified atom stereocenters. The third-order valence-electron chi connectivity index (χ3n) is 2.89. The van der Waals surface area contributed by atoms with Gasteiger partial charge in [-0.3, -0.25) is 4.90 Å². The zero-order valence-electron chi connectivity index (χ0n) is 11.7. The molecule has 0 aliphatic rings. The minimum atomic E-state index is -1.45. The highest BCUT2D eigenvalue weighted by molar-refractivity contribution is 5.91. The molecule has 0 spiro atoms. The smallest absolute Gasteiger partial charge is 0.332 e. The standard InChI is InChI=1S/C14H20N2O4/c1-3-16(11-6-4-10(2)5-7-11)14(20)15-9-8-12(17)13(18)19/h4-7,12,17H,3,8-9H2,1-2H3,(H,15,20)(H,18,19). The van der Waals surface area contributed by atoms with Crippen LogP contribution in [0, 0.1) is 6.92 Å². The minimum Gasteiger partial charge on any atom is -0.479 e. The summed E-state index contributed by atoms with van der Waals surface area (Å²) in [6.07, 6.45) is -1.48. The van der Waals surface area contributed by atoms with Gasteiger partial charge >= 0.3 is 12.0 Å². The summed E-state index contributed by atoms with van der Waals surface area (Å²) in [6.45, 7) is 4.42. The average molecular weight is 280 g/mol. The fourth-order valence-corrected chi connectivity index (χ4v) is 1.70. The van der Waals surface area contributed by atoms with Crippen molar-refractivity contribution in [1.29, 1.82) is 0 Å². The van der Waals surface area contributed by atoms with Crippen LogP contribution in [0.5, 0.6) is 0 Å². The molecule has 0 bridgehead atoms. The number of aryl methyl sites for hydroxylation is 1. The third kappa shape index (κ3) is 4.55. The van der Waals surface area contributed by atoms with Gasteiger partial charge in [-0.25, -0.2) is 9.59 Å². The molecule has 0 radical (unpaired) electrons. The van der Waals surface area contributed by atoms with Crippen LogP contribution < -0.4 is 10.2 Å². The van der Waals surface area contributed by atoms with Crippen LogP contribution in [0.15, 0.2) is 24.3 Å². The van der Waals surface area contributed by atoms with Crippen LogP contribution in [-0.2, 0) is 4.79 Å². The SMILES string of the molecule is CCN(C(=O)NCCC(O)C(=O)O)c1ccc(C)cc1. The second-order valence-corrected chi connectivity index (χ2v) is 4.45. The molecule has 6 heteroatoms. The van der Waals surface area contributed by atoms with E-state index in [9.17, 15) is 9.59 Å². The Morgan fingerprint density at radius 1 is 1.30 bits per heavy atom. The van der Waals surface area contributed by atoms with Crippen LogP contribution >= 0.6 is 0 Å². The van der Waals surface area contributed by atoms with Gasteiger partial charge in [0.1, 0.15) is 0 Å². The number of amides is 2. The number of benzene rings is 1. The van der Waals surface area contributed by atoms with Gasteiger partial charge in [-0.15, -0.1) is 0 Å². The molecule has 1 atom stereocenters. The van der Waals surface area contributed by atoms with E-state index in [1.54, 1.807) is 4.90 Å². The lowest BCUT2D eigenvalue weighted by atomic mass is 10.2. The van der Waals surface area contributed by atoms with Gasteiger partial charge in [-0.05, 0) is 26.0 Å². The van der Waals surface area contributed by atoms with Crippen molar-refractivity contribution in [1.82, 2.24) is 5.32 Å². The van der Waals surface area contributed by atoms with Crippen molar-refractivity contribution in [3.8, 4) is 0 Å². The molecule has 1 rings (SSSR count). The first-order valence-electron chi connectivity index (χ1n) is 6.48. The quantitative estimate of drug-likeness (QED) is 0.734. The van der Waals surface area contributed by atoms with E-state index >= 15 is 0 Å². The lowest BCUT2D eigenvalue weighted by Gasteiger charge is -2.21. The van der Waals surface area contributed by atoms with Crippen molar-refractivity contribution < 1.29 is 19.8 Å². The first-order valence-corrected chi connectivity index (χ1v) is 6.48. The first-order chi connectivity index (χ1) is 9.45. The topological polar surface area (TPSA) is 89.9 Å². The lowest BCUT2D eigenvalue weighted by molar-refractivity contribution is -0.146. The van der Waals surface area contributed by atoms with Crippen molar-refractivity contribution in [3.05, 3.63) is 29.8 Å². The number of carbonyl (C=O) groups is 2. The summed E-state index contributed by atoms with van der Waals surface area (Å²) in [5.41, 5.74) is 1.88. The van der Waals surface area contributed by atoms with Crippen LogP contribution in [0.4, 0.5) is 10.5 Å². The zero-order valence-corrected chi connectivity index (χ0v) is 11.7. The van der Waals surface area contributed by atoms with Crippen molar-refractivity contribution in [2.24, 2.45) is 0 Å². The molecule has 2 amide bonds. The molecule has 0 saturated heterocycles. The Kier molecular flexibility index (Phi) is 5.99. The van der Waals surface area contributed by atoms with Gasteiger partial charge < -0.3 is 15.5 Å². The highest BCUT2D eigenvalue weighted by Gasteiger charge is 2.16. The van der Waals surface area contributed by atoms with Gasteiger partial charge in [0.15, 0.2) is 6.10 Å². The number of carbonyl (C=O) groups excluding carboxylic acids is 1. The number of aliphatic hydroxyl groups excluding tert-OH is 1. The molecule has 6 nitrogen and oxygen atoms in total. The molecule has 0 fully saturated rings. The van der Waals surface area contributed by atoms with Crippen molar-refractivity contribution >= 4 is 17.7 Å². The Labute approximate surface area is 118 Å². The van der Waals surface area contributed by atoms with Crippen LogP contribution in [0.3, 0.4) is 0 Å². The zero-order chi connectivity index (χ0) is 15.1. The fraction of sp³-hybridized carbons (Fsp3) is 0.429. The number of nitrogens with one attached hydrogen (secondary N) is 1. The summed E-state index contributed by atoms with van der Waals surface area (Å²) in [5.74, 6) is -1.29. The number of nitrogens with zero attached hydrogens (tertiary/aromatic N) is 1. The molecule has 0 aliphatic carbocycles. The van der Waals surface area contributed by atoms with E-state index in [1.807, 2.05) is 38.1 Å². The normalized spacial score (nSPS) is 11.8. The maximum Gasteiger partial charge on any atom is 0.332 e. The molecular formula is C14H20N2O4. The minimum absolute atomic E-state index is 0.0213. The maximum absolute atomic E-state index is 12.0. The van der Waals surface area contributed by atoms with Gasteiger partial charge in [-0.2, -0.15) is 0 Å². The first kappa shape index (κ1) is 16.0. The van der Waals surface area contributed by atoms with Gasteiger partial charge in [0.05, 0.1) is 0 Å². The van der Waals surface area contributed by atoms with E-state index in [0.29, 0.717) is 6.54 Å². The van der Waals surface area contributed by atoms with E-state index in [2.05, 4.69) is 5.32 Å². The number of hydrogen-bond donors (Lipinski definition) is 3. The molecule has 0 aliphatic heterocycles. The van der Waals surface area contributed by atoms with E-state index in [1.165, 1.54) is 0 Å². The van der Waals surface area contributed by atoms with Crippen molar-refractivity contribution in [2.45, 2.75) is 26.4 Å². The number of hydrogen-bond acceptors (Lipinski definition) is 3. The predicted octanol–water partition coefficient (Wildman–Crippen LogP) is 1.37. The van der Waals surface area contributed by atoms with E-state index in [-0.39, 0.29) is 19.0 Å². The van der Waals surface area contributed by atoms with Crippen LogP contribution in [0.2, 0.25) is 0 Å². The van der Waals surface area contributed by atoms with E-state index < -0.39 is 12.1 Å². The molecule has 0 saturated carbocycles. The number of anilines is 1. The van der Waals surface area contributed by atoms with E-state index in [0.717, 1.165) is 11.3 Å². The van der Waals surface area contributed by atoms with Crippen LogP contribution in [0.25, 0.3) is 0 Å².